The van der Waals surface area contributed by atoms with Crippen LogP contribution in [0, 0.1) is 11.7 Å². The Balaban J connectivity index is 1.24. The molecule has 0 aliphatic carbocycles. The lowest BCUT2D eigenvalue weighted by Gasteiger charge is -2.39. The number of hydrogen-bond acceptors (Lipinski definition) is 6. The number of nitrogens with zero attached hydrogens (tertiary/aromatic N) is 3. The summed E-state index contributed by atoms with van der Waals surface area (Å²) in [7, 11) is 0. The average Bonchev–Trinajstić information content (AvgIpc) is 2.79. The third kappa shape index (κ3) is 6.51. The number of ether oxygens (including phenoxy) is 1. The van der Waals surface area contributed by atoms with Crippen LogP contribution in [0.5, 0.6) is 0 Å². The van der Waals surface area contributed by atoms with Crippen LogP contribution in [0.2, 0.25) is 0 Å². The summed E-state index contributed by atoms with van der Waals surface area (Å²) in [6, 6.07) is 5.01. The number of piperidine rings is 2. The van der Waals surface area contributed by atoms with Crippen LogP contribution in [0.15, 0.2) is 18.2 Å². The molecule has 0 saturated carbocycles. The zero-order chi connectivity index (χ0) is 25.2. The molecule has 0 aromatic heterocycles. The van der Waals surface area contributed by atoms with Crippen molar-refractivity contribution in [2.24, 2.45) is 5.92 Å². The van der Waals surface area contributed by atoms with Crippen molar-refractivity contribution in [3.8, 4) is 0 Å². The van der Waals surface area contributed by atoms with Crippen LogP contribution in [0.3, 0.4) is 0 Å². The van der Waals surface area contributed by atoms with Crippen molar-refractivity contribution in [2.45, 2.75) is 58.0 Å². The second-order valence-electron chi connectivity index (χ2n) is 10.9. The minimum Gasteiger partial charge on any atom is -0.444 e. The van der Waals surface area contributed by atoms with E-state index in [1.54, 1.807) is 11.0 Å². The fourth-order valence-electron chi connectivity index (χ4n) is 5.17. The molecular formula is C26H37FN4O4. The van der Waals surface area contributed by atoms with Crippen molar-refractivity contribution in [1.82, 2.24) is 15.1 Å². The summed E-state index contributed by atoms with van der Waals surface area (Å²) in [5, 5.41) is 2.34. The summed E-state index contributed by atoms with van der Waals surface area (Å²) >= 11 is 0. The van der Waals surface area contributed by atoms with Gasteiger partial charge < -0.3 is 14.5 Å². The van der Waals surface area contributed by atoms with E-state index in [2.05, 4.69) is 15.1 Å². The summed E-state index contributed by atoms with van der Waals surface area (Å²) in [4.78, 5) is 42.1. The maximum atomic E-state index is 15.0. The Morgan fingerprint density at radius 3 is 2.34 bits per heavy atom. The number of anilines is 1. The van der Waals surface area contributed by atoms with E-state index in [4.69, 9.17) is 4.74 Å². The van der Waals surface area contributed by atoms with Gasteiger partial charge in [-0.3, -0.25) is 19.8 Å². The summed E-state index contributed by atoms with van der Waals surface area (Å²) in [6.07, 6.45) is 2.40. The van der Waals surface area contributed by atoms with Gasteiger partial charge in [-0.1, -0.05) is 6.07 Å². The minimum absolute atomic E-state index is 0.227. The van der Waals surface area contributed by atoms with E-state index < -0.39 is 11.5 Å². The molecule has 1 aromatic carbocycles. The molecular weight excluding hydrogens is 451 g/mol. The summed E-state index contributed by atoms with van der Waals surface area (Å²) < 4.78 is 20.5. The Hall–Kier alpha value is -2.68. The molecule has 192 valence electrons. The van der Waals surface area contributed by atoms with Gasteiger partial charge in [-0.2, -0.15) is 0 Å². The number of carbonyl (C=O) groups is 3. The second kappa shape index (κ2) is 10.5. The average molecular weight is 489 g/mol. The maximum Gasteiger partial charge on any atom is 0.410 e. The molecule has 1 atom stereocenters. The molecule has 1 N–H and O–H groups in total. The van der Waals surface area contributed by atoms with Crippen LogP contribution in [0.1, 0.15) is 57.9 Å². The van der Waals surface area contributed by atoms with E-state index in [-0.39, 0.29) is 30.1 Å². The van der Waals surface area contributed by atoms with Crippen LogP contribution in [-0.2, 0) is 14.3 Å². The zero-order valence-electron chi connectivity index (χ0n) is 21.0. The Labute approximate surface area is 206 Å². The number of amides is 3. The highest BCUT2D eigenvalue weighted by Gasteiger charge is 2.30. The van der Waals surface area contributed by atoms with Crippen LogP contribution in [-0.4, -0.2) is 79.1 Å². The number of rotatable bonds is 4. The monoisotopic (exact) mass is 488 g/mol. The van der Waals surface area contributed by atoms with Gasteiger partial charge in [0.05, 0.1) is 11.6 Å². The highest BCUT2D eigenvalue weighted by molar-refractivity contribution is 6.00. The lowest BCUT2D eigenvalue weighted by atomic mass is 9.90. The lowest BCUT2D eigenvalue weighted by Crippen LogP contribution is -2.49. The summed E-state index contributed by atoms with van der Waals surface area (Å²) in [6.45, 7) is 11.3. The molecule has 1 aromatic rings. The van der Waals surface area contributed by atoms with Gasteiger partial charge in [0.2, 0.25) is 11.8 Å². The Bertz CT molecular complexity index is 947. The SMILES string of the molecule is CC(C)(C)OC(=O)N1CCC(CN2CCN(c3ccc(C4CCC(=O)NC4=O)cc3F)CC2)CC1. The number of hydrogen-bond donors (Lipinski definition) is 1. The number of halogens is 1. The molecule has 3 saturated heterocycles. The fraction of sp³-hybridized carbons (Fsp3) is 0.654. The maximum absolute atomic E-state index is 15.0. The van der Waals surface area contributed by atoms with E-state index in [9.17, 15) is 18.8 Å². The molecule has 3 amide bonds. The first-order valence-electron chi connectivity index (χ1n) is 12.7. The van der Waals surface area contributed by atoms with E-state index in [0.717, 1.165) is 58.7 Å². The predicted octanol–water partition coefficient (Wildman–Crippen LogP) is 3.12. The first-order chi connectivity index (χ1) is 16.6. The molecule has 0 bridgehead atoms. The van der Waals surface area contributed by atoms with Crippen LogP contribution in [0.25, 0.3) is 0 Å². The number of piperazine rings is 1. The van der Waals surface area contributed by atoms with Crippen LogP contribution < -0.4 is 10.2 Å². The Morgan fingerprint density at radius 2 is 1.74 bits per heavy atom. The molecule has 3 aliphatic rings. The van der Waals surface area contributed by atoms with Gasteiger partial charge in [0.25, 0.3) is 0 Å². The van der Waals surface area contributed by atoms with Gasteiger partial charge >= 0.3 is 6.09 Å². The lowest BCUT2D eigenvalue weighted by molar-refractivity contribution is -0.134. The fourth-order valence-corrected chi connectivity index (χ4v) is 5.17. The smallest absolute Gasteiger partial charge is 0.410 e. The van der Waals surface area contributed by atoms with Crippen molar-refractivity contribution >= 4 is 23.6 Å². The third-order valence-electron chi connectivity index (χ3n) is 7.11. The van der Waals surface area contributed by atoms with Crippen LogP contribution >= 0.6 is 0 Å². The van der Waals surface area contributed by atoms with Gasteiger partial charge in [-0.15, -0.1) is 0 Å². The van der Waals surface area contributed by atoms with Crippen molar-refractivity contribution in [1.29, 1.82) is 0 Å². The van der Waals surface area contributed by atoms with E-state index in [1.807, 2.05) is 26.8 Å². The van der Waals surface area contributed by atoms with E-state index >= 15 is 0 Å². The van der Waals surface area contributed by atoms with E-state index in [1.165, 1.54) is 6.07 Å². The van der Waals surface area contributed by atoms with Crippen molar-refractivity contribution < 1.29 is 23.5 Å². The molecule has 3 heterocycles. The zero-order valence-corrected chi connectivity index (χ0v) is 21.0. The Morgan fingerprint density at radius 1 is 1.06 bits per heavy atom. The highest BCUT2D eigenvalue weighted by atomic mass is 19.1. The molecule has 9 heteroatoms. The normalized spacial score (nSPS) is 22.8. The van der Waals surface area contributed by atoms with Crippen LogP contribution in [0.4, 0.5) is 14.9 Å². The first kappa shape index (κ1) is 25.4. The van der Waals surface area contributed by atoms with Gasteiger partial charge in [0.1, 0.15) is 11.4 Å². The molecule has 0 spiro atoms. The molecule has 3 fully saturated rings. The van der Waals surface area contributed by atoms with Crippen molar-refractivity contribution in [2.75, 3.05) is 50.7 Å². The second-order valence-corrected chi connectivity index (χ2v) is 10.9. The third-order valence-corrected chi connectivity index (χ3v) is 7.11. The standard InChI is InChI=1S/C26H37FN4O4/c1-26(2,3)35-25(34)31-10-8-18(9-11-31)17-29-12-14-30(15-13-29)22-6-4-19(16-21(22)27)20-5-7-23(32)28-24(20)33/h4,6,16,18,20H,5,7-15,17H2,1-3H3,(H,28,32,33). The van der Waals surface area contributed by atoms with Gasteiger partial charge in [0, 0.05) is 52.2 Å². The minimum atomic E-state index is -0.477. The largest absolute Gasteiger partial charge is 0.444 e. The molecule has 0 radical (unpaired) electrons. The Kier molecular flexibility index (Phi) is 7.64. The number of nitrogens with one attached hydrogen (secondary N) is 1. The summed E-state index contributed by atoms with van der Waals surface area (Å²) in [5.41, 5.74) is 0.706. The highest BCUT2D eigenvalue weighted by Crippen LogP contribution is 2.30. The van der Waals surface area contributed by atoms with Crippen molar-refractivity contribution in [3.63, 3.8) is 0 Å². The molecule has 1 unspecified atom stereocenters. The molecule has 3 aliphatic heterocycles. The van der Waals surface area contributed by atoms with Crippen molar-refractivity contribution in [3.05, 3.63) is 29.6 Å². The number of carbonyl (C=O) groups excluding carboxylic acids is 3. The quantitative estimate of drug-likeness (QED) is 0.656. The summed E-state index contributed by atoms with van der Waals surface area (Å²) in [5.74, 6) is -0.872. The van der Waals surface area contributed by atoms with E-state index in [0.29, 0.717) is 23.6 Å². The van der Waals surface area contributed by atoms with Gasteiger partial charge in [0.15, 0.2) is 0 Å². The first-order valence-corrected chi connectivity index (χ1v) is 12.7. The number of benzene rings is 1. The molecule has 8 nitrogen and oxygen atoms in total. The topological polar surface area (TPSA) is 82.2 Å². The molecule has 4 rings (SSSR count). The van der Waals surface area contributed by atoms with Gasteiger partial charge in [-0.05, 0) is 63.6 Å². The number of likely N-dealkylation sites (tertiary alicyclic amines) is 1. The number of imide groups is 1. The molecule has 35 heavy (non-hydrogen) atoms. The van der Waals surface area contributed by atoms with Gasteiger partial charge in [-0.25, -0.2) is 9.18 Å². The predicted molar refractivity (Wildman–Crippen MR) is 131 cm³/mol.